The Hall–Kier alpha value is -3.55. The van der Waals surface area contributed by atoms with Crippen LogP contribution in [0.25, 0.3) is 12.2 Å². The van der Waals surface area contributed by atoms with Crippen LogP contribution in [0.3, 0.4) is 0 Å². The number of benzene rings is 2. The molecule has 1 aliphatic carbocycles. The van der Waals surface area contributed by atoms with E-state index in [1.54, 1.807) is 30.3 Å². The Balaban J connectivity index is 1.58. The Morgan fingerprint density at radius 1 is 1.05 bits per heavy atom. The van der Waals surface area contributed by atoms with Gasteiger partial charge >= 0.3 is 5.97 Å². The number of Topliss-reactive ketones (excluding diaryl/α,β-unsaturated/α-hetero) is 1. The molecule has 196 valence electrons. The zero-order chi connectivity index (χ0) is 26.8. The van der Waals surface area contributed by atoms with E-state index in [2.05, 4.69) is 0 Å². The Morgan fingerprint density at radius 2 is 1.73 bits per heavy atom. The number of hydrogen-bond acceptors (Lipinski definition) is 7. The van der Waals surface area contributed by atoms with Crippen molar-refractivity contribution in [1.29, 1.82) is 0 Å². The van der Waals surface area contributed by atoms with Gasteiger partial charge in [-0.2, -0.15) is 0 Å². The number of ether oxygens (including phenoxy) is 1. The summed E-state index contributed by atoms with van der Waals surface area (Å²) in [5.41, 5.74) is 14.8. The Labute approximate surface area is 219 Å². The summed E-state index contributed by atoms with van der Waals surface area (Å²) in [6.07, 6.45) is 9.19. The predicted octanol–water partition coefficient (Wildman–Crippen LogP) is 4.15. The number of allylic oxidation sites excluding steroid dienone is 2. The molecule has 1 aliphatic rings. The monoisotopic (exact) mass is 503 g/mol. The lowest BCUT2D eigenvalue weighted by atomic mass is 9.81. The fraction of sp³-hybridized carbons (Fsp3) is 0.367. The summed E-state index contributed by atoms with van der Waals surface area (Å²) in [4.78, 5) is 40.1. The van der Waals surface area contributed by atoms with Gasteiger partial charge in [0.15, 0.2) is 11.6 Å². The molecule has 7 nitrogen and oxygen atoms in total. The first-order valence-electron chi connectivity index (χ1n) is 12.8. The lowest BCUT2D eigenvalue weighted by Gasteiger charge is -2.21. The van der Waals surface area contributed by atoms with Gasteiger partial charge in [0.05, 0.1) is 5.92 Å². The van der Waals surface area contributed by atoms with Crippen molar-refractivity contribution in [3.63, 3.8) is 0 Å². The maximum Gasteiger partial charge on any atom is 0.328 e. The van der Waals surface area contributed by atoms with Crippen LogP contribution in [-0.2, 0) is 14.4 Å². The second-order valence-electron chi connectivity index (χ2n) is 9.58. The minimum absolute atomic E-state index is 0.0948. The highest BCUT2D eigenvalue weighted by atomic mass is 16.5. The van der Waals surface area contributed by atoms with Crippen LogP contribution < -0.4 is 21.1 Å². The number of carbonyl (C=O) groups is 3. The Bertz CT molecular complexity index is 1130. The van der Waals surface area contributed by atoms with E-state index in [9.17, 15) is 14.4 Å². The molecule has 0 bridgehead atoms. The molecule has 2 unspecified atom stereocenters. The summed E-state index contributed by atoms with van der Waals surface area (Å²) >= 11 is 0. The van der Waals surface area contributed by atoms with Gasteiger partial charge < -0.3 is 21.1 Å². The maximum atomic E-state index is 13.0. The minimum Gasteiger partial charge on any atom is -0.425 e. The summed E-state index contributed by atoms with van der Waals surface area (Å²) in [6.45, 7) is 0.567. The van der Waals surface area contributed by atoms with E-state index < -0.39 is 17.9 Å². The Morgan fingerprint density at radius 3 is 2.38 bits per heavy atom. The number of ketones is 2. The lowest BCUT2D eigenvalue weighted by Crippen LogP contribution is -2.34. The van der Waals surface area contributed by atoms with Gasteiger partial charge in [0, 0.05) is 19.8 Å². The molecule has 2 atom stereocenters. The van der Waals surface area contributed by atoms with E-state index >= 15 is 0 Å². The number of anilines is 1. The van der Waals surface area contributed by atoms with Crippen LogP contribution in [0.5, 0.6) is 5.75 Å². The van der Waals surface area contributed by atoms with Gasteiger partial charge in [0.1, 0.15) is 11.8 Å². The van der Waals surface area contributed by atoms with Gasteiger partial charge in [-0.3, -0.25) is 9.59 Å². The zero-order valence-electron chi connectivity index (χ0n) is 21.7. The van der Waals surface area contributed by atoms with Gasteiger partial charge in [0.2, 0.25) is 0 Å². The second-order valence-corrected chi connectivity index (χ2v) is 9.58. The molecule has 1 fully saturated rings. The van der Waals surface area contributed by atoms with Crippen molar-refractivity contribution < 1.29 is 19.1 Å². The summed E-state index contributed by atoms with van der Waals surface area (Å²) < 4.78 is 5.34. The molecule has 1 saturated carbocycles. The van der Waals surface area contributed by atoms with E-state index in [0.717, 1.165) is 36.1 Å². The van der Waals surface area contributed by atoms with Crippen LogP contribution in [0.2, 0.25) is 0 Å². The van der Waals surface area contributed by atoms with Gasteiger partial charge in [0.25, 0.3) is 0 Å². The fourth-order valence-corrected chi connectivity index (χ4v) is 4.22. The minimum atomic E-state index is -0.687. The molecule has 0 aromatic heterocycles. The summed E-state index contributed by atoms with van der Waals surface area (Å²) in [5, 5.41) is 0. The molecule has 0 amide bonds. The molecule has 2 aromatic rings. The third-order valence-electron chi connectivity index (χ3n) is 6.48. The maximum absolute atomic E-state index is 13.0. The average Bonchev–Trinajstić information content (AvgIpc) is 2.89. The average molecular weight is 504 g/mol. The van der Waals surface area contributed by atoms with Crippen molar-refractivity contribution in [1.82, 2.24) is 0 Å². The summed E-state index contributed by atoms with van der Waals surface area (Å²) in [7, 11) is 3.96. The number of nitrogens with zero attached hydrogens (tertiary/aromatic N) is 1. The van der Waals surface area contributed by atoms with Gasteiger partial charge in [-0.05, 0) is 91.8 Å². The summed E-state index contributed by atoms with van der Waals surface area (Å²) in [5.74, 6) is -1.04. The number of nitrogens with two attached hydrogens (primary N) is 2. The highest BCUT2D eigenvalue weighted by Crippen LogP contribution is 2.28. The largest absolute Gasteiger partial charge is 0.425 e. The number of unbranched alkanes of at least 4 members (excludes halogenated alkanes) is 1. The van der Waals surface area contributed by atoms with Crippen molar-refractivity contribution in [3.05, 3.63) is 71.3 Å². The molecule has 37 heavy (non-hydrogen) atoms. The molecule has 0 saturated heterocycles. The highest BCUT2D eigenvalue weighted by molar-refractivity contribution is 6.16. The Kier molecular flexibility index (Phi) is 10.4. The second kappa shape index (κ2) is 13.7. The van der Waals surface area contributed by atoms with E-state index in [1.165, 1.54) is 6.08 Å². The molecule has 0 spiro atoms. The topological polar surface area (TPSA) is 116 Å². The normalized spacial score (nSPS) is 17.7. The van der Waals surface area contributed by atoms with Crippen LogP contribution >= 0.6 is 0 Å². The molecule has 3 rings (SSSR count). The van der Waals surface area contributed by atoms with Crippen LogP contribution in [0, 0.1) is 5.92 Å². The SMILES string of the molecule is CN(C)c1ccc(C=C2CCCC(C(=O)C=Cc3ccc(OC(=O)C(N)CCCCN)cc3)C2=O)cc1. The molecule has 0 aliphatic heterocycles. The third kappa shape index (κ3) is 8.23. The standard InChI is InChI=1S/C30H37N3O4/c1-33(2)24-14-9-22(10-15-24)20-23-6-5-7-26(29(23)35)28(34)18-13-21-11-16-25(17-12-21)37-30(36)27(32)8-3-4-19-31/h9-18,20,26-27H,3-8,19,31-32H2,1-2H3. The van der Waals surface area contributed by atoms with Crippen molar-refractivity contribution >= 4 is 35.4 Å². The molecular weight excluding hydrogens is 466 g/mol. The number of carbonyl (C=O) groups excluding carboxylic acids is 3. The van der Waals surface area contributed by atoms with E-state index in [4.69, 9.17) is 16.2 Å². The van der Waals surface area contributed by atoms with Crippen LogP contribution in [-0.4, -0.2) is 44.2 Å². The fourth-order valence-electron chi connectivity index (χ4n) is 4.22. The molecule has 2 aromatic carbocycles. The molecule has 0 radical (unpaired) electrons. The molecule has 0 heterocycles. The van der Waals surface area contributed by atoms with Crippen molar-refractivity contribution in [2.75, 3.05) is 25.5 Å². The smallest absolute Gasteiger partial charge is 0.328 e. The van der Waals surface area contributed by atoms with E-state index in [-0.39, 0.29) is 11.6 Å². The van der Waals surface area contributed by atoms with Gasteiger partial charge in [-0.25, -0.2) is 4.79 Å². The van der Waals surface area contributed by atoms with Crippen LogP contribution in [0.4, 0.5) is 5.69 Å². The quantitative estimate of drug-likeness (QED) is 0.156. The highest BCUT2D eigenvalue weighted by Gasteiger charge is 2.30. The third-order valence-corrected chi connectivity index (χ3v) is 6.48. The number of esters is 1. The first-order valence-corrected chi connectivity index (χ1v) is 12.8. The lowest BCUT2D eigenvalue weighted by molar-refractivity contribution is -0.136. The van der Waals surface area contributed by atoms with Crippen LogP contribution in [0.15, 0.2) is 60.2 Å². The van der Waals surface area contributed by atoms with Crippen LogP contribution in [0.1, 0.15) is 49.7 Å². The zero-order valence-corrected chi connectivity index (χ0v) is 21.7. The van der Waals surface area contributed by atoms with Gasteiger partial charge in [-0.15, -0.1) is 0 Å². The number of rotatable bonds is 11. The molecule has 4 N–H and O–H groups in total. The van der Waals surface area contributed by atoms with Gasteiger partial charge in [-0.1, -0.05) is 36.8 Å². The summed E-state index contributed by atoms with van der Waals surface area (Å²) in [6, 6.07) is 14.1. The van der Waals surface area contributed by atoms with Crippen molar-refractivity contribution in [3.8, 4) is 5.75 Å². The first-order chi connectivity index (χ1) is 17.8. The molecular formula is C30H37N3O4. The van der Waals surface area contributed by atoms with E-state index in [1.807, 2.05) is 49.3 Å². The predicted molar refractivity (Wildman–Crippen MR) is 148 cm³/mol. The van der Waals surface area contributed by atoms with E-state index in [0.29, 0.717) is 37.1 Å². The molecule has 7 heteroatoms. The first kappa shape index (κ1) is 28.0. The van der Waals surface area contributed by atoms with Crippen molar-refractivity contribution in [2.45, 2.75) is 44.6 Å². The van der Waals surface area contributed by atoms with Crippen molar-refractivity contribution in [2.24, 2.45) is 17.4 Å². The number of hydrogen-bond donors (Lipinski definition) is 2.